The average Bonchev–Trinajstić information content (AvgIpc) is 3.18. The number of aliphatic hydroxyl groups excluding tert-OH is 1. The van der Waals surface area contributed by atoms with Crippen molar-refractivity contribution in [3.8, 4) is 22.7 Å². The summed E-state index contributed by atoms with van der Waals surface area (Å²) in [4.78, 5) is 26.0. The molecule has 1 amide bonds. The number of ether oxygens (including phenoxy) is 1. The van der Waals surface area contributed by atoms with Crippen molar-refractivity contribution in [2.24, 2.45) is 0 Å². The first-order valence-electron chi connectivity index (χ1n) is 10.00. The second-order valence-electron chi connectivity index (χ2n) is 7.45. The largest absolute Gasteiger partial charge is 0.497 e. The summed E-state index contributed by atoms with van der Waals surface area (Å²) in [6.45, 7) is 0. The van der Waals surface area contributed by atoms with Crippen molar-refractivity contribution in [3.63, 3.8) is 0 Å². The number of methoxy groups -OCH3 is 1. The van der Waals surface area contributed by atoms with Crippen molar-refractivity contribution in [3.05, 3.63) is 76.3 Å². The fourth-order valence-corrected chi connectivity index (χ4v) is 3.70. The molecule has 0 aliphatic heterocycles. The third-order valence-electron chi connectivity index (χ3n) is 5.39. The molecule has 1 heterocycles. The molecule has 2 N–H and O–H groups in total. The summed E-state index contributed by atoms with van der Waals surface area (Å²) in [6.07, 6.45) is 1.40. The number of carbonyl (C=O) groups excluding carboxylic acids is 1. The van der Waals surface area contributed by atoms with Gasteiger partial charge >= 0.3 is 0 Å². The number of hydrogen-bond acceptors (Lipinski definition) is 5. The molecular formula is C23H22FN3O4. The quantitative estimate of drug-likeness (QED) is 0.658. The van der Waals surface area contributed by atoms with E-state index in [1.807, 2.05) is 0 Å². The number of halogens is 1. The molecular weight excluding hydrogens is 401 g/mol. The zero-order chi connectivity index (χ0) is 22.0. The van der Waals surface area contributed by atoms with E-state index < -0.39 is 29.4 Å². The molecule has 1 fully saturated rings. The smallest absolute Gasteiger partial charge is 0.284 e. The predicted molar refractivity (Wildman–Crippen MR) is 113 cm³/mol. The van der Waals surface area contributed by atoms with Crippen LogP contribution >= 0.6 is 0 Å². The highest BCUT2D eigenvalue weighted by Gasteiger charge is 2.28. The van der Waals surface area contributed by atoms with Gasteiger partial charge in [0.25, 0.3) is 11.5 Å². The highest BCUT2D eigenvalue weighted by molar-refractivity contribution is 5.95. The molecule has 1 saturated carbocycles. The molecule has 0 bridgehead atoms. The molecule has 0 spiro atoms. The fourth-order valence-electron chi connectivity index (χ4n) is 3.70. The Morgan fingerprint density at radius 1 is 1.19 bits per heavy atom. The Morgan fingerprint density at radius 2 is 1.97 bits per heavy atom. The van der Waals surface area contributed by atoms with Crippen LogP contribution in [0.2, 0.25) is 0 Å². The van der Waals surface area contributed by atoms with Gasteiger partial charge < -0.3 is 15.2 Å². The number of rotatable bonds is 5. The van der Waals surface area contributed by atoms with Crippen LogP contribution in [0.4, 0.5) is 4.39 Å². The van der Waals surface area contributed by atoms with Gasteiger partial charge in [0.05, 0.1) is 30.6 Å². The molecule has 1 aromatic heterocycles. The lowest BCUT2D eigenvalue weighted by Crippen LogP contribution is -2.42. The van der Waals surface area contributed by atoms with Gasteiger partial charge in [0.1, 0.15) is 17.1 Å². The zero-order valence-corrected chi connectivity index (χ0v) is 16.9. The molecule has 4 rings (SSSR count). The van der Waals surface area contributed by atoms with E-state index in [1.54, 1.807) is 31.4 Å². The predicted octanol–water partition coefficient (Wildman–Crippen LogP) is 2.69. The van der Waals surface area contributed by atoms with Gasteiger partial charge in [-0.15, -0.1) is 0 Å². The van der Waals surface area contributed by atoms with Crippen LogP contribution in [-0.2, 0) is 0 Å². The molecule has 1 aliphatic carbocycles. The lowest BCUT2D eigenvalue weighted by atomic mass is 10.1. The number of amides is 1. The number of nitrogens with one attached hydrogen (secondary N) is 1. The van der Waals surface area contributed by atoms with Gasteiger partial charge in [-0.25, -0.2) is 4.39 Å². The summed E-state index contributed by atoms with van der Waals surface area (Å²) >= 11 is 0. The number of carbonyl (C=O) groups is 1. The molecule has 8 heteroatoms. The minimum atomic E-state index is -0.673. The Labute approximate surface area is 178 Å². The van der Waals surface area contributed by atoms with Crippen molar-refractivity contribution < 1.29 is 19.0 Å². The van der Waals surface area contributed by atoms with E-state index in [4.69, 9.17) is 4.74 Å². The van der Waals surface area contributed by atoms with Crippen LogP contribution < -0.4 is 15.6 Å². The number of hydrogen-bond donors (Lipinski definition) is 2. The summed E-state index contributed by atoms with van der Waals surface area (Å²) < 4.78 is 20.0. The molecule has 0 saturated heterocycles. The van der Waals surface area contributed by atoms with Crippen LogP contribution in [0.15, 0.2) is 59.4 Å². The molecule has 0 radical (unpaired) electrons. The molecule has 3 aromatic rings. The van der Waals surface area contributed by atoms with E-state index in [2.05, 4.69) is 10.4 Å². The number of aromatic nitrogens is 2. The third-order valence-corrected chi connectivity index (χ3v) is 5.39. The average molecular weight is 423 g/mol. The van der Waals surface area contributed by atoms with Gasteiger partial charge in [0.15, 0.2) is 0 Å². The van der Waals surface area contributed by atoms with Crippen molar-refractivity contribution in [1.82, 2.24) is 15.1 Å². The van der Waals surface area contributed by atoms with E-state index in [1.165, 1.54) is 30.3 Å². The number of aliphatic hydroxyl groups is 1. The molecule has 2 aromatic carbocycles. The first-order valence-corrected chi connectivity index (χ1v) is 10.00. The zero-order valence-electron chi connectivity index (χ0n) is 16.9. The van der Waals surface area contributed by atoms with Gasteiger partial charge in [0, 0.05) is 5.56 Å². The molecule has 31 heavy (non-hydrogen) atoms. The van der Waals surface area contributed by atoms with Gasteiger partial charge in [-0.05, 0) is 67.8 Å². The SMILES string of the molecule is COc1ccc(-c2cc(C(=O)N[C@@H]3CCC[C@@H]3O)c(=O)n(-c3cccc(F)c3)n2)cc1. The number of nitrogens with zero attached hydrogens (tertiary/aromatic N) is 2. The summed E-state index contributed by atoms with van der Waals surface area (Å²) in [6, 6.07) is 13.4. The number of benzene rings is 2. The molecule has 1 aliphatic rings. The lowest BCUT2D eigenvalue weighted by Gasteiger charge is -2.17. The van der Waals surface area contributed by atoms with Gasteiger partial charge in [0.2, 0.25) is 0 Å². The normalized spacial score (nSPS) is 18.0. The maximum absolute atomic E-state index is 13.8. The monoisotopic (exact) mass is 423 g/mol. The van der Waals surface area contributed by atoms with Crippen LogP contribution in [0.5, 0.6) is 5.75 Å². The van der Waals surface area contributed by atoms with E-state index in [0.717, 1.165) is 11.1 Å². The Hall–Kier alpha value is -3.52. The summed E-state index contributed by atoms with van der Waals surface area (Å²) in [5, 5.41) is 17.2. The first-order chi connectivity index (χ1) is 15.0. The topological polar surface area (TPSA) is 93.5 Å². The summed E-state index contributed by atoms with van der Waals surface area (Å²) in [5.41, 5.74) is 0.414. The molecule has 7 nitrogen and oxygen atoms in total. The Balaban J connectivity index is 1.81. The lowest BCUT2D eigenvalue weighted by molar-refractivity contribution is 0.0871. The van der Waals surface area contributed by atoms with Gasteiger partial charge in [-0.2, -0.15) is 9.78 Å². The van der Waals surface area contributed by atoms with Crippen LogP contribution in [0, 0.1) is 5.82 Å². The van der Waals surface area contributed by atoms with E-state index in [9.17, 15) is 19.1 Å². The highest BCUT2D eigenvalue weighted by atomic mass is 19.1. The second-order valence-corrected chi connectivity index (χ2v) is 7.45. The minimum Gasteiger partial charge on any atom is -0.497 e. The molecule has 0 unspecified atom stereocenters. The maximum atomic E-state index is 13.8. The first kappa shape index (κ1) is 20.7. The standard InChI is InChI=1S/C23H22FN3O4/c1-31-17-10-8-14(9-11-17)20-13-18(22(29)25-19-6-3-7-21(19)28)23(30)27(26-20)16-5-2-4-15(24)12-16/h2,4-5,8-13,19,21,28H,3,6-7H2,1H3,(H,25,29)/t19-,21+/m1/s1. The van der Waals surface area contributed by atoms with Crippen molar-refractivity contribution >= 4 is 5.91 Å². The van der Waals surface area contributed by atoms with E-state index in [0.29, 0.717) is 29.8 Å². The van der Waals surface area contributed by atoms with Crippen LogP contribution in [-0.4, -0.2) is 40.0 Å². The molecule has 2 atom stereocenters. The van der Waals surface area contributed by atoms with Crippen LogP contribution in [0.25, 0.3) is 16.9 Å². The van der Waals surface area contributed by atoms with Crippen LogP contribution in [0.1, 0.15) is 29.6 Å². The van der Waals surface area contributed by atoms with Crippen molar-refractivity contribution in [1.29, 1.82) is 0 Å². The fraction of sp³-hybridized carbons (Fsp3) is 0.261. The Morgan fingerprint density at radius 3 is 2.61 bits per heavy atom. The summed E-state index contributed by atoms with van der Waals surface area (Å²) in [5.74, 6) is -0.477. The second kappa shape index (κ2) is 8.69. The third kappa shape index (κ3) is 4.34. The van der Waals surface area contributed by atoms with Gasteiger partial charge in [-0.3, -0.25) is 9.59 Å². The summed E-state index contributed by atoms with van der Waals surface area (Å²) in [7, 11) is 1.55. The highest BCUT2D eigenvalue weighted by Crippen LogP contribution is 2.22. The van der Waals surface area contributed by atoms with E-state index in [-0.39, 0.29) is 11.3 Å². The Kier molecular flexibility index (Phi) is 5.81. The van der Waals surface area contributed by atoms with Gasteiger partial charge in [-0.1, -0.05) is 6.07 Å². The minimum absolute atomic E-state index is 0.135. The van der Waals surface area contributed by atoms with E-state index >= 15 is 0 Å². The molecule has 160 valence electrons. The van der Waals surface area contributed by atoms with Crippen LogP contribution in [0.3, 0.4) is 0 Å². The van der Waals surface area contributed by atoms with Crippen molar-refractivity contribution in [2.45, 2.75) is 31.4 Å². The Bertz CT molecular complexity index is 1160. The van der Waals surface area contributed by atoms with Crippen molar-refractivity contribution in [2.75, 3.05) is 7.11 Å². The maximum Gasteiger partial charge on any atom is 0.284 e.